The van der Waals surface area contributed by atoms with Crippen LogP contribution in [0.3, 0.4) is 0 Å². The average Bonchev–Trinajstić information content (AvgIpc) is 3.34. The van der Waals surface area contributed by atoms with Gasteiger partial charge < -0.3 is 15.4 Å². The zero-order valence-electron chi connectivity index (χ0n) is 22.0. The van der Waals surface area contributed by atoms with Gasteiger partial charge in [0.15, 0.2) is 0 Å². The second-order valence-electron chi connectivity index (χ2n) is 11.0. The highest BCUT2D eigenvalue weighted by molar-refractivity contribution is 7.17. The van der Waals surface area contributed by atoms with Crippen LogP contribution in [0, 0.1) is 5.92 Å². The van der Waals surface area contributed by atoms with Gasteiger partial charge in [0.05, 0.1) is 10.4 Å². The van der Waals surface area contributed by atoms with Gasteiger partial charge in [0, 0.05) is 22.8 Å². The summed E-state index contributed by atoms with van der Waals surface area (Å²) in [7, 11) is 0. The topological polar surface area (TPSA) is 79.5 Å². The van der Waals surface area contributed by atoms with Gasteiger partial charge in [-0.05, 0) is 88.1 Å². The molecule has 0 aromatic carbocycles. The summed E-state index contributed by atoms with van der Waals surface area (Å²) in [6, 6.07) is -0.546. The fourth-order valence-electron chi connectivity index (χ4n) is 4.73. The minimum atomic E-state index is -3.18. The van der Waals surface area contributed by atoms with E-state index in [0.29, 0.717) is 41.6 Å². The van der Waals surface area contributed by atoms with Crippen molar-refractivity contribution in [3.8, 4) is 0 Å². The van der Waals surface area contributed by atoms with Crippen LogP contribution in [-0.4, -0.2) is 24.1 Å². The quantitative estimate of drug-likeness (QED) is 0.282. The van der Waals surface area contributed by atoms with Crippen LogP contribution < -0.4 is 16.0 Å². The Morgan fingerprint density at radius 1 is 1.16 bits per heavy atom. The lowest BCUT2D eigenvalue weighted by Gasteiger charge is -2.22. The Hall–Kier alpha value is -2.30. The second-order valence-corrected chi connectivity index (χ2v) is 13.2. The van der Waals surface area contributed by atoms with Crippen LogP contribution in [0.5, 0.6) is 0 Å². The average molecular weight is 552 g/mol. The van der Waals surface area contributed by atoms with Gasteiger partial charge >= 0.3 is 17.9 Å². The van der Waals surface area contributed by atoms with E-state index in [4.69, 9.17) is 4.74 Å². The highest BCUT2D eigenvalue weighted by Gasteiger charge is 2.39. The van der Waals surface area contributed by atoms with Gasteiger partial charge in [-0.25, -0.2) is 9.59 Å². The zero-order valence-corrected chi connectivity index (χ0v) is 23.7. The Morgan fingerprint density at radius 2 is 1.89 bits per heavy atom. The van der Waals surface area contributed by atoms with E-state index in [-0.39, 0.29) is 17.0 Å². The van der Waals surface area contributed by atoms with Crippen LogP contribution in [0.25, 0.3) is 0 Å². The van der Waals surface area contributed by atoms with E-state index in [1.165, 1.54) is 18.3 Å². The van der Waals surface area contributed by atoms with Crippen molar-refractivity contribution >= 4 is 39.7 Å². The summed E-state index contributed by atoms with van der Waals surface area (Å²) in [6.45, 7) is 13.6. The van der Waals surface area contributed by atoms with Crippen LogP contribution in [0.15, 0.2) is 12.2 Å². The Bertz CT molecular complexity index is 1230. The Labute approximate surface area is 224 Å². The Kier molecular flexibility index (Phi) is 7.84. The number of nitrogens with one attached hydrogen (secondary N) is 3. The summed E-state index contributed by atoms with van der Waals surface area (Å²) in [5.74, 6) is -3.15. The number of ether oxygens (including phenoxy) is 1. The van der Waals surface area contributed by atoms with Gasteiger partial charge in [0.1, 0.15) is 10.6 Å². The number of carbonyl (C=O) groups is 2. The lowest BCUT2D eigenvalue weighted by molar-refractivity contribution is 0.00695. The van der Waals surface area contributed by atoms with E-state index in [1.54, 1.807) is 20.8 Å². The number of thiophene rings is 2. The maximum absolute atomic E-state index is 15.0. The molecule has 3 N–H and O–H groups in total. The molecule has 0 radical (unpaired) electrons. The van der Waals surface area contributed by atoms with Crippen molar-refractivity contribution in [1.82, 2.24) is 10.6 Å². The molecule has 0 fully saturated rings. The molecule has 37 heavy (non-hydrogen) atoms. The van der Waals surface area contributed by atoms with E-state index < -0.39 is 23.5 Å². The molecule has 2 aromatic heterocycles. The summed E-state index contributed by atoms with van der Waals surface area (Å²) in [6.07, 6.45) is 3.17. The van der Waals surface area contributed by atoms with Crippen molar-refractivity contribution in [2.45, 2.75) is 84.9 Å². The number of carbonyl (C=O) groups excluding carboxylic acids is 2. The maximum atomic E-state index is 15.0. The fourth-order valence-corrected chi connectivity index (χ4v) is 7.52. The van der Waals surface area contributed by atoms with Crippen molar-refractivity contribution < 1.29 is 23.1 Å². The highest BCUT2D eigenvalue weighted by atomic mass is 32.1. The SMILES string of the molecule is C=C(C)C(F)(F)c1sc2c(c1CNC(=O)Nc1sc3c(c1C(=O)OC(C)(C)C)CCC(C)C3)CCNC2. The normalized spacial score (nSPS) is 17.5. The molecule has 1 unspecified atom stereocenters. The minimum Gasteiger partial charge on any atom is -0.456 e. The molecule has 10 heteroatoms. The largest absolute Gasteiger partial charge is 0.456 e. The number of allylic oxidation sites excluding steroid dienone is 1. The predicted octanol–water partition coefficient (Wildman–Crippen LogP) is 6.53. The van der Waals surface area contributed by atoms with Crippen molar-refractivity contribution in [2.75, 3.05) is 11.9 Å². The third-order valence-electron chi connectivity index (χ3n) is 6.63. The van der Waals surface area contributed by atoms with Crippen LogP contribution in [-0.2, 0) is 43.0 Å². The van der Waals surface area contributed by atoms with Crippen molar-refractivity contribution in [1.29, 1.82) is 0 Å². The monoisotopic (exact) mass is 551 g/mol. The number of anilines is 1. The molecule has 2 amide bonds. The van der Waals surface area contributed by atoms with Gasteiger partial charge in [0.2, 0.25) is 0 Å². The highest BCUT2D eigenvalue weighted by Crippen LogP contribution is 2.44. The van der Waals surface area contributed by atoms with Gasteiger partial charge in [-0.15, -0.1) is 22.7 Å². The molecular formula is C27H35F2N3O3S2. The molecule has 1 aliphatic heterocycles. The minimum absolute atomic E-state index is 0.0419. The van der Waals surface area contributed by atoms with Crippen LogP contribution in [0.1, 0.15) is 82.7 Å². The van der Waals surface area contributed by atoms with Gasteiger partial charge in [-0.2, -0.15) is 8.78 Å². The number of fused-ring (bicyclic) bond motifs is 2. The maximum Gasteiger partial charge on any atom is 0.341 e. The number of urea groups is 1. The van der Waals surface area contributed by atoms with E-state index >= 15 is 8.78 Å². The standard InChI is InChI=1S/C27H35F2N3O3S2/c1-14(2)27(28,29)22-18(16-9-10-30-13-20(16)36-22)12-31-25(34)32-23-21(24(33)35-26(4,5)6)17-8-7-15(3)11-19(17)37-23/h15,30H,1,7-13H2,2-6H3,(H2,31,32,34). The third-order valence-corrected chi connectivity index (χ3v) is 9.14. The number of rotatable bonds is 6. The molecule has 202 valence electrons. The van der Waals surface area contributed by atoms with E-state index in [0.717, 1.165) is 51.5 Å². The van der Waals surface area contributed by atoms with E-state index in [1.807, 2.05) is 0 Å². The molecule has 0 saturated heterocycles. The van der Waals surface area contributed by atoms with E-state index in [9.17, 15) is 9.59 Å². The Balaban J connectivity index is 1.58. The number of halogens is 2. The molecule has 6 nitrogen and oxygen atoms in total. The molecule has 0 spiro atoms. The zero-order chi connectivity index (χ0) is 27.1. The third kappa shape index (κ3) is 5.91. The molecule has 3 heterocycles. The first kappa shape index (κ1) is 27.7. The molecular weight excluding hydrogens is 516 g/mol. The number of hydrogen-bond donors (Lipinski definition) is 3. The summed E-state index contributed by atoms with van der Waals surface area (Å²) in [5.41, 5.74) is 1.77. The molecule has 0 bridgehead atoms. The van der Waals surface area contributed by atoms with Crippen molar-refractivity contribution in [2.24, 2.45) is 5.92 Å². The van der Waals surface area contributed by atoms with Crippen molar-refractivity contribution in [3.05, 3.63) is 49.0 Å². The van der Waals surface area contributed by atoms with E-state index in [2.05, 4.69) is 29.5 Å². The first-order valence-corrected chi connectivity index (χ1v) is 14.2. The lowest BCUT2D eigenvalue weighted by Crippen LogP contribution is -2.31. The van der Waals surface area contributed by atoms with Crippen LogP contribution >= 0.6 is 22.7 Å². The second kappa shape index (κ2) is 10.5. The smallest absolute Gasteiger partial charge is 0.341 e. The number of esters is 1. The fraction of sp³-hybridized carbons (Fsp3) is 0.556. The van der Waals surface area contributed by atoms with Gasteiger partial charge in [0.25, 0.3) is 0 Å². The number of amides is 2. The Morgan fingerprint density at radius 3 is 2.57 bits per heavy atom. The molecule has 1 atom stereocenters. The summed E-state index contributed by atoms with van der Waals surface area (Å²) in [5, 5.41) is 9.25. The summed E-state index contributed by atoms with van der Waals surface area (Å²) < 4.78 is 35.8. The van der Waals surface area contributed by atoms with Crippen LogP contribution in [0.2, 0.25) is 0 Å². The number of hydrogen-bond acceptors (Lipinski definition) is 6. The van der Waals surface area contributed by atoms with Gasteiger partial charge in [-0.1, -0.05) is 13.5 Å². The first-order chi connectivity index (χ1) is 17.3. The molecule has 2 aromatic rings. The molecule has 0 saturated carbocycles. The number of alkyl halides is 2. The predicted molar refractivity (Wildman–Crippen MR) is 145 cm³/mol. The first-order valence-electron chi connectivity index (χ1n) is 12.6. The molecule has 1 aliphatic carbocycles. The van der Waals surface area contributed by atoms with Gasteiger partial charge in [-0.3, -0.25) is 5.32 Å². The van der Waals surface area contributed by atoms with Crippen LogP contribution in [0.4, 0.5) is 18.6 Å². The van der Waals surface area contributed by atoms with Crippen molar-refractivity contribution in [3.63, 3.8) is 0 Å². The molecule has 2 aliphatic rings. The summed E-state index contributed by atoms with van der Waals surface area (Å²) in [4.78, 5) is 28.0. The lowest BCUT2D eigenvalue weighted by atomic mass is 9.88. The molecule has 4 rings (SSSR count). The summed E-state index contributed by atoms with van der Waals surface area (Å²) >= 11 is 2.47.